The number of aromatic nitrogens is 3. The van der Waals surface area contributed by atoms with Gasteiger partial charge in [0.2, 0.25) is 5.95 Å². The van der Waals surface area contributed by atoms with Crippen molar-refractivity contribution in [2.45, 2.75) is 6.92 Å². The molecule has 0 aliphatic carbocycles. The third-order valence-electron chi connectivity index (χ3n) is 4.67. The van der Waals surface area contributed by atoms with Crippen LogP contribution in [0.25, 0.3) is 22.1 Å². The summed E-state index contributed by atoms with van der Waals surface area (Å²) in [5.74, 6) is 0.349. The zero-order valence-corrected chi connectivity index (χ0v) is 16.8. The lowest BCUT2D eigenvalue weighted by molar-refractivity contribution is 0.0838. The quantitative estimate of drug-likeness (QED) is 0.383. The zero-order valence-electron chi connectivity index (χ0n) is 16.8. The lowest BCUT2D eigenvalue weighted by Crippen LogP contribution is -2.27. The van der Waals surface area contributed by atoms with E-state index < -0.39 is 0 Å². The number of fused-ring (bicyclic) bond motifs is 2. The van der Waals surface area contributed by atoms with Gasteiger partial charge in [-0.1, -0.05) is 6.07 Å². The number of aliphatic hydroxyl groups is 1. The molecule has 0 saturated carbocycles. The Kier molecular flexibility index (Phi) is 5.64. The largest absolute Gasteiger partial charge is 0.423 e. The predicted molar refractivity (Wildman–Crippen MR) is 113 cm³/mol. The molecule has 0 aliphatic rings. The molecule has 2 aromatic heterocycles. The number of imidazole rings is 1. The van der Waals surface area contributed by atoms with Gasteiger partial charge in [-0.2, -0.15) is 4.98 Å². The molecule has 156 valence electrons. The van der Waals surface area contributed by atoms with E-state index >= 15 is 0 Å². The highest BCUT2D eigenvalue weighted by Crippen LogP contribution is 2.25. The van der Waals surface area contributed by atoms with E-state index in [1.54, 1.807) is 12.1 Å². The van der Waals surface area contributed by atoms with Crippen molar-refractivity contribution in [2.24, 2.45) is 7.05 Å². The van der Waals surface area contributed by atoms with E-state index in [0.29, 0.717) is 41.8 Å². The Morgan fingerprint density at radius 3 is 2.87 bits per heavy atom. The molecular weight excluding hydrogens is 386 g/mol. The minimum atomic E-state index is -0.209. The number of aryl methyl sites for hydroxylation is 2. The first-order chi connectivity index (χ1) is 14.5. The van der Waals surface area contributed by atoms with E-state index in [1.165, 1.54) is 0 Å². The van der Waals surface area contributed by atoms with Gasteiger partial charge in [-0.15, -0.1) is 0 Å². The number of amides is 1. The molecule has 0 fully saturated rings. The van der Waals surface area contributed by atoms with Crippen LogP contribution in [0.1, 0.15) is 15.9 Å². The topological polar surface area (TPSA) is 114 Å². The van der Waals surface area contributed by atoms with Crippen molar-refractivity contribution in [3.05, 3.63) is 47.5 Å². The smallest absolute Gasteiger partial charge is 0.302 e. The van der Waals surface area contributed by atoms with Crippen LogP contribution in [0.5, 0.6) is 0 Å². The molecule has 0 unspecified atom stereocenters. The summed E-state index contributed by atoms with van der Waals surface area (Å²) in [7, 11) is 1.88. The number of anilines is 2. The van der Waals surface area contributed by atoms with Crippen LogP contribution in [0.3, 0.4) is 0 Å². The molecule has 4 rings (SSSR count). The zero-order chi connectivity index (χ0) is 21.1. The number of carbonyl (C=O) groups is 1. The Morgan fingerprint density at radius 2 is 2.03 bits per heavy atom. The molecule has 9 heteroatoms. The Morgan fingerprint density at radius 1 is 1.17 bits per heavy atom. The number of aliphatic hydroxyl groups excluding tert-OH is 1. The molecule has 0 spiro atoms. The SMILES string of the molecule is Cc1ccc2oc(Nc3nc4cc(C(=O)NCCOCCO)ccc4n3C)nc2c1. The molecule has 3 N–H and O–H groups in total. The van der Waals surface area contributed by atoms with Gasteiger partial charge in [0, 0.05) is 19.2 Å². The average molecular weight is 409 g/mol. The second-order valence-corrected chi connectivity index (χ2v) is 6.90. The van der Waals surface area contributed by atoms with E-state index in [4.69, 9.17) is 14.3 Å². The number of oxazole rings is 1. The number of carbonyl (C=O) groups excluding carboxylic acids is 1. The maximum atomic E-state index is 12.3. The number of nitrogens with zero attached hydrogens (tertiary/aromatic N) is 3. The van der Waals surface area contributed by atoms with Crippen LogP contribution in [-0.2, 0) is 11.8 Å². The van der Waals surface area contributed by atoms with Crippen LogP contribution in [0, 0.1) is 6.92 Å². The van der Waals surface area contributed by atoms with Crippen molar-refractivity contribution in [1.29, 1.82) is 0 Å². The highest BCUT2D eigenvalue weighted by Gasteiger charge is 2.14. The van der Waals surface area contributed by atoms with Crippen LogP contribution < -0.4 is 10.6 Å². The van der Waals surface area contributed by atoms with Crippen molar-refractivity contribution in [3.8, 4) is 0 Å². The molecule has 2 aromatic carbocycles. The molecule has 1 amide bonds. The summed E-state index contributed by atoms with van der Waals surface area (Å²) in [5, 5.41) is 14.6. The van der Waals surface area contributed by atoms with Crippen molar-refractivity contribution >= 4 is 40.0 Å². The fraction of sp³-hybridized carbons (Fsp3) is 0.286. The Balaban J connectivity index is 1.50. The summed E-state index contributed by atoms with van der Waals surface area (Å²) in [6, 6.07) is 11.5. The summed E-state index contributed by atoms with van der Waals surface area (Å²) in [4.78, 5) is 21.4. The highest BCUT2D eigenvalue weighted by molar-refractivity contribution is 5.97. The lowest BCUT2D eigenvalue weighted by atomic mass is 10.2. The molecule has 0 radical (unpaired) electrons. The van der Waals surface area contributed by atoms with Gasteiger partial charge in [0.1, 0.15) is 5.52 Å². The molecule has 4 aromatic rings. The van der Waals surface area contributed by atoms with Gasteiger partial charge in [-0.3, -0.25) is 10.1 Å². The Bertz CT molecular complexity index is 1200. The molecule has 9 nitrogen and oxygen atoms in total. The maximum absolute atomic E-state index is 12.3. The van der Waals surface area contributed by atoms with E-state index in [2.05, 4.69) is 20.6 Å². The first kappa shape index (κ1) is 19.9. The molecular formula is C21H23N5O4. The second-order valence-electron chi connectivity index (χ2n) is 6.90. The predicted octanol–water partition coefficient (Wildman–Crippen LogP) is 2.51. The van der Waals surface area contributed by atoms with Gasteiger partial charge in [0.15, 0.2) is 5.58 Å². The lowest BCUT2D eigenvalue weighted by Gasteiger charge is -2.06. The van der Waals surface area contributed by atoms with E-state index in [1.807, 2.05) is 42.8 Å². The van der Waals surface area contributed by atoms with E-state index in [9.17, 15) is 4.79 Å². The number of benzene rings is 2. The summed E-state index contributed by atoms with van der Waals surface area (Å²) < 4.78 is 12.8. The van der Waals surface area contributed by atoms with E-state index in [-0.39, 0.29) is 19.1 Å². The van der Waals surface area contributed by atoms with Crippen molar-refractivity contribution < 1.29 is 19.1 Å². The monoisotopic (exact) mass is 409 g/mol. The standard InChI is InChI=1S/C21H23N5O4/c1-13-3-6-18-16(11-13)24-21(30-18)25-20-23-15-12-14(4-5-17(15)26(20)2)19(28)22-7-9-29-10-8-27/h3-6,11-12,27H,7-10H2,1-2H3,(H,22,28)(H,23,24,25). The fourth-order valence-electron chi connectivity index (χ4n) is 3.14. The number of nitrogens with one attached hydrogen (secondary N) is 2. The van der Waals surface area contributed by atoms with Gasteiger partial charge >= 0.3 is 6.01 Å². The van der Waals surface area contributed by atoms with Crippen molar-refractivity contribution in [3.63, 3.8) is 0 Å². The molecule has 30 heavy (non-hydrogen) atoms. The summed E-state index contributed by atoms with van der Waals surface area (Å²) in [5.41, 5.74) is 4.63. The molecule has 0 atom stereocenters. The normalized spacial score (nSPS) is 11.3. The van der Waals surface area contributed by atoms with Gasteiger partial charge in [0.05, 0.1) is 30.9 Å². The van der Waals surface area contributed by atoms with Gasteiger partial charge in [-0.25, -0.2) is 4.98 Å². The Hall–Kier alpha value is -3.43. The van der Waals surface area contributed by atoms with E-state index in [0.717, 1.165) is 16.6 Å². The van der Waals surface area contributed by atoms with Crippen LogP contribution >= 0.6 is 0 Å². The molecule has 0 aliphatic heterocycles. The molecule has 2 heterocycles. The van der Waals surface area contributed by atoms with Crippen LogP contribution in [-0.4, -0.2) is 51.9 Å². The summed E-state index contributed by atoms with van der Waals surface area (Å²) >= 11 is 0. The van der Waals surface area contributed by atoms with Crippen LogP contribution in [0.4, 0.5) is 12.0 Å². The third kappa shape index (κ3) is 4.12. The molecule has 0 bridgehead atoms. The number of hydrogen-bond donors (Lipinski definition) is 3. The minimum absolute atomic E-state index is 0.0378. The number of hydrogen-bond acceptors (Lipinski definition) is 7. The maximum Gasteiger partial charge on any atom is 0.302 e. The average Bonchev–Trinajstić information content (AvgIpc) is 3.27. The van der Waals surface area contributed by atoms with Gasteiger partial charge in [-0.05, 0) is 42.8 Å². The number of ether oxygens (including phenoxy) is 1. The van der Waals surface area contributed by atoms with Crippen molar-refractivity contribution in [1.82, 2.24) is 19.9 Å². The minimum Gasteiger partial charge on any atom is -0.423 e. The number of rotatable bonds is 8. The summed E-state index contributed by atoms with van der Waals surface area (Å²) in [6.07, 6.45) is 0. The third-order valence-corrected chi connectivity index (χ3v) is 4.67. The van der Waals surface area contributed by atoms with Gasteiger partial charge < -0.3 is 24.1 Å². The summed E-state index contributed by atoms with van der Waals surface area (Å²) in [6.45, 7) is 2.93. The second kappa shape index (κ2) is 8.52. The van der Waals surface area contributed by atoms with Crippen molar-refractivity contribution in [2.75, 3.05) is 31.7 Å². The fourth-order valence-corrected chi connectivity index (χ4v) is 3.14. The van der Waals surface area contributed by atoms with Gasteiger partial charge in [0.25, 0.3) is 5.91 Å². The highest BCUT2D eigenvalue weighted by atomic mass is 16.5. The first-order valence-corrected chi connectivity index (χ1v) is 9.62. The van der Waals surface area contributed by atoms with Crippen LogP contribution in [0.15, 0.2) is 40.8 Å². The van der Waals surface area contributed by atoms with Crippen LogP contribution in [0.2, 0.25) is 0 Å². The molecule has 0 saturated heterocycles. The Labute approximate surface area is 172 Å². The first-order valence-electron chi connectivity index (χ1n) is 9.62.